The zero-order chi connectivity index (χ0) is 13.9. The number of hydrogen-bond acceptors (Lipinski definition) is 4. The Balaban J connectivity index is 2.32. The molecule has 1 aliphatic heterocycles. The minimum absolute atomic E-state index is 0.175. The highest BCUT2D eigenvalue weighted by atomic mass is 32.2. The van der Waals surface area contributed by atoms with Crippen LogP contribution in [0.4, 0.5) is 4.39 Å². The zero-order valence-corrected chi connectivity index (χ0v) is 11.3. The van der Waals surface area contributed by atoms with Crippen molar-refractivity contribution in [2.75, 3.05) is 26.3 Å². The molecule has 1 aromatic rings. The van der Waals surface area contributed by atoms with E-state index in [4.69, 9.17) is 10.5 Å². The molecule has 0 saturated carbocycles. The number of rotatable bonds is 3. The van der Waals surface area contributed by atoms with Gasteiger partial charge in [0.05, 0.1) is 6.61 Å². The van der Waals surface area contributed by atoms with Gasteiger partial charge in [0, 0.05) is 26.2 Å². The van der Waals surface area contributed by atoms with Crippen molar-refractivity contribution in [3.63, 3.8) is 0 Å². The molecule has 1 aliphatic rings. The Labute approximate surface area is 112 Å². The third kappa shape index (κ3) is 3.11. The molecule has 5 nitrogen and oxygen atoms in total. The largest absolute Gasteiger partial charge is 0.380 e. The van der Waals surface area contributed by atoms with E-state index in [0.717, 1.165) is 0 Å². The Morgan fingerprint density at radius 2 is 2.11 bits per heavy atom. The molecule has 0 unspecified atom stereocenters. The summed E-state index contributed by atoms with van der Waals surface area (Å²) in [6.45, 7) is 1.64. The molecule has 2 rings (SSSR count). The average Bonchev–Trinajstić information content (AvgIpc) is 2.67. The predicted molar refractivity (Wildman–Crippen MR) is 68.5 cm³/mol. The number of sulfonamides is 1. The van der Waals surface area contributed by atoms with Crippen LogP contribution >= 0.6 is 0 Å². The van der Waals surface area contributed by atoms with Gasteiger partial charge in [0.2, 0.25) is 10.0 Å². The Morgan fingerprint density at radius 1 is 1.32 bits per heavy atom. The van der Waals surface area contributed by atoms with Crippen LogP contribution in [0.25, 0.3) is 0 Å². The van der Waals surface area contributed by atoms with Crippen LogP contribution in [0.1, 0.15) is 12.0 Å². The molecule has 1 heterocycles. The van der Waals surface area contributed by atoms with Crippen molar-refractivity contribution in [3.8, 4) is 0 Å². The van der Waals surface area contributed by atoms with Crippen molar-refractivity contribution in [1.29, 1.82) is 0 Å². The second kappa shape index (κ2) is 5.96. The van der Waals surface area contributed by atoms with Gasteiger partial charge < -0.3 is 10.5 Å². The third-order valence-electron chi connectivity index (χ3n) is 3.03. The molecule has 19 heavy (non-hydrogen) atoms. The molecule has 2 N–H and O–H groups in total. The summed E-state index contributed by atoms with van der Waals surface area (Å²) in [7, 11) is -3.80. The molecule has 7 heteroatoms. The first kappa shape index (κ1) is 14.4. The summed E-state index contributed by atoms with van der Waals surface area (Å²) in [5.41, 5.74) is 5.96. The van der Waals surface area contributed by atoms with Gasteiger partial charge in [-0.1, -0.05) is 6.07 Å². The summed E-state index contributed by atoms with van der Waals surface area (Å²) >= 11 is 0. The summed E-state index contributed by atoms with van der Waals surface area (Å²) in [5.74, 6) is -0.756. The number of nitrogens with zero attached hydrogens (tertiary/aromatic N) is 1. The van der Waals surface area contributed by atoms with Crippen LogP contribution < -0.4 is 5.73 Å². The molecule has 0 aromatic heterocycles. The normalized spacial score (nSPS) is 18.2. The molecule has 1 fully saturated rings. The summed E-state index contributed by atoms with van der Waals surface area (Å²) in [4.78, 5) is -0.299. The lowest BCUT2D eigenvalue weighted by Gasteiger charge is -2.19. The van der Waals surface area contributed by atoms with Crippen LogP contribution in [0.2, 0.25) is 0 Å². The van der Waals surface area contributed by atoms with Gasteiger partial charge in [-0.2, -0.15) is 4.31 Å². The average molecular weight is 288 g/mol. The van der Waals surface area contributed by atoms with Gasteiger partial charge >= 0.3 is 0 Å². The Morgan fingerprint density at radius 3 is 2.79 bits per heavy atom. The van der Waals surface area contributed by atoms with Gasteiger partial charge in [-0.05, 0) is 24.1 Å². The van der Waals surface area contributed by atoms with E-state index in [1.165, 1.54) is 22.5 Å². The maximum atomic E-state index is 13.9. The first-order valence-corrected chi connectivity index (χ1v) is 7.56. The lowest BCUT2D eigenvalue weighted by atomic mass is 10.2. The van der Waals surface area contributed by atoms with Crippen molar-refractivity contribution in [2.24, 2.45) is 5.73 Å². The zero-order valence-electron chi connectivity index (χ0n) is 10.5. The summed E-state index contributed by atoms with van der Waals surface area (Å²) < 4.78 is 45.1. The first-order valence-electron chi connectivity index (χ1n) is 6.12. The quantitative estimate of drug-likeness (QED) is 0.888. The van der Waals surface area contributed by atoms with Crippen molar-refractivity contribution in [1.82, 2.24) is 4.31 Å². The van der Waals surface area contributed by atoms with Gasteiger partial charge in [0.15, 0.2) is 0 Å². The lowest BCUT2D eigenvalue weighted by molar-refractivity contribution is 0.148. The predicted octanol–water partition coefficient (Wildman–Crippen LogP) is 0.695. The van der Waals surface area contributed by atoms with E-state index in [-0.39, 0.29) is 18.0 Å². The maximum absolute atomic E-state index is 13.9. The molecular weight excluding hydrogens is 271 g/mol. The monoisotopic (exact) mass is 288 g/mol. The molecule has 0 aliphatic carbocycles. The number of ether oxygens (including phenoxy) is 1. The molecule has 0 bridgehead atoms. The van der Waals surface area contributed by atoms with Gasteiger partial charge in [0.1, 0.15) is 10.7 Å². The molecule has 106 valence electrons. The van der Waals surface area contributed by atoms with E-state index in [1.54, 1.807) is 0 Å². The molecule has 0 atom stereocenters. The van der Waals surface area contributed by atoms with Gasteiger partial charge in [0.25, 0.3) is 0 Å². The fraction of sp³-hybridized carbons (Fsp3) is 0.500. The van der Waals surface area contributed by atoms with Crippen LogP contribution in [0, 0.1) is 5.82 Å². The van der Waals surface area contributed by atoms with Crippen LogP contribution in [-0.4, -0.2) is 39.0 Å². The number of hydrogen-bond donors (Lipinski definition) is 1. The minimum atomic E-state index is -3.80. The van der Waals surface area contributed by atoms with Crippen LogP contribution in [0.5, 0.6) is 0 Å². The molecule has 0 radical (unpaired) electrons. The summed E-state index contributed by atoms with van der Waals surface area (Å²) in [6, 6.07) is 3.98. The summed E-state index contributed by atoms with van der Waals surface area (Å²) in [6.07, 6.45) is 0.613. The van der Waals surface area contributed by atoms with Gasteiger partial charge in [-0.3, -0.25) is 0 Å². The minimum Gasteiger partial charge on any atom is -0.380 e. The van der Waals surface area contributed by atoms with E-state index in [9.17, 15) is 12.8 Å². The lowest BCUT2D eigenvalue weighted by Crippen LogP contribution is -2.33. The molecule has 1 saturated heterocycles. The molecule has 0 amide bonds. The highest BCUT2D eigenvalue weighted by molar-refractivity contribution is 7.89. The third-order valence-corrected chi connectivity index (χ3v) is 4.96. The fourth-order valence-corrected chi connectivity index (χ4v) is 3.49. The Kier molecular flexibility index (Phi) is 4.51. The van der Waals surface area contributed by atoms with Crippen molar-refractivity contribution < 1.29 is 17.5 Å². The van der Waals surface area contributed by atoms with Crippen molar-refractivity contribution in [3.05, 3.63) is 29.6 Å². The number of halogens is 1. The highest BCUT2D eigenvalue weighted by Crippen LogP contribution is 2.21. The smallest absolute Gasteiger partial charge is 0.246 e. The van der Waals surface area contributed by atoms with E-state index in [2.05, 4.69) is 0 Å². The summed E-state index contributed by atoms with van der Waals surface area (Å²) in [5, 5.41) is 0. The first-order chi connectivity index (χ1) is 9.05. The highest BCUT2D eigenvalue weighted by Gasteiger charge is 2.28. The van der Waals surface area contributed by atoms with E-state index >= 15 is 0 Å². The fourth-order valence-electron chi connectivity index (χ4n) is 1.98. The van der Waals surface area contributed by atoms with E-state index in [0.29, 0.717) is 31.7 Å². The number of benzene rings is 1. The van der Waals surface area contributed by atoms with Crippen LogP contribution in [0.3, 0.4) is 0 Å². The van der Waals surface area contributed by atoms with Crippen LogP contribution in [0.15, 0.2) is 23.1 Å². The van der Waals surface area contributed by atoms with Crippen molar-refractivity contribution in [2.45, 2.75) is 17.9 Å². The SMILES string of the molecule is NCc1ccc(S(=O)(=O)N2CCCOCC2)c(F)c1. The standard InChI is InChI=1S/C12H17FN2O3S/c13-11-8-10(9-14)2-3-12(11)19(16,17)15-4-1-6-18-7-5-15/h2-3,8H,1,4-7,9,14H2. The van der Waals surface area contributed by atoms with E-state index in [1.807, 2.05) is 0 Å². The maximum Gasteiger partial charge on any atom is 0.246 e. The van der Waals surface area contributed by atoms with E-state index < -0.39 is 15.8 Å². The second-order valence-corrected chi connectivity index (χ2v) is 6.25. The Hall–Kier alpha value is -1.02. The Bertz CT molecular complexity index is 540. The molecule has 0 spiro atoms. The van der Waals surface area contributed by atoms with Gasteiger partial charge in [-0.25, -0.2) is 12.8 Å². The van der Waals surface area contributed by atoms with Crippen LogP contribution in [-0.2, 0) is 21.3 Å². The van der Waals surface area contributed by atoms with Gasteiger partial charge in [-0.15, -0.1) is 0 Å². The second-order valence-electron chi connectivity index (χ2n) is 4.34. The molecular formula is C12H17FN2O3S. The van der Waals surface area contributed by atoms with Crippen molar-refractivity contribution >= 4 is 10.0 Å². The number of nitrogens with two attached hydrogens (primary N) is 1. The molecule has 1 aromatic carbocycles. The topological polar surface area (TPSA) is 72.6 Å².